The average Bonchev–Trinajstić information content (AvgIpc) is 2.81. The van der Waals surface area contributed by atoms with Gasteiger partial charge in [0.2, 0.25) is 11.7 Å². The van der Waals surface area contributed by atoms with E-state index in [1.807, 2.05) is 18.2 Å². The Kier molecular flexibility index (Phi) is 7.83. The van der Waals surface area contributed by atoms with Crippen LogP contribution in [0.2, 0.25) is 0 Å². The fourth-order valence-electron chi connectivity index (χ4n) is 3.37. The Balaban J connectivity index is 2.07. The summed E-state index contributed by atoms with van der Waals surface area (Å²) >= 11 is 1.16. The number of amidine groups is 1. The first kappa shape index (κ1) is 24.0. The Morgan fingerprint density at radius 3 is 2.27 bits per heavy atom. The van der Waals surface area contributed by atoms with E-state index in [1.165, 1.54) is 21.3 Å². The zero-order valence-corrected chi connectivity index (χ0v) is 19.6. The van der Waals surface area contributed by atoms with E-state index in [0.717, 1.165) is 11.8 Å². The van der Waals surface area contributed by atoms with Crippen molar-refractivity contribution in [3.8, 4) is 17.2 Å². The van der Waals surface area contributed by atoms with Crippen LogP contribution < -0.4 is 30.6 Å². The van der Waals surface area contributed by atoms with Crippen LogP contribution in [-0.2, 0) is 9.59 Å². The lowest BCUT2D eigenvalue weighted by Crippen LogP contribution is -2.32. The van der Waals surface area contributed by atoms with E-state index < -0.39 is 11.9 Å². The predicted molar refractivity (Wildman–Crippen MR) is 129 cm³/mol. The van der Waals surface area contributed by atoms with Crippen molar-refractivity contribution in [1.29, 1.82) is 0 Å². The first-order valence-electron chi connectivity index (χ1n) is 10.0. The number of ether oxygens (including phenoxy) is 3. The quantitative estimate of drug-likeness (QED) is 0.542. The van der Waals surface area contributed by atoms with Crippen LogP contribution in [0, 0.1) is 0 Å². The molecule has 1 heterocycles. The topological polar surface area (TPSA) is 124 Å². The van der Waals surface area contributed by atoms with E-state index in [4.69, 9.17) is 24.9 Å². The molecule has 0 unspecified atom stereocenters. The Bertz CT molecular complexity index is 1080. The molecule has 0 bridgehead atoms. The summed E-state index contributed by atoms with van der Waals surface area (Å²) in [6, 6.07) is 12.0. The summed E-state index contributed by atoms with van der Waals surface area (Å²) in [6.45, 7) is 1.78. The average molecular weight is 471 g/mol. The predicted octanol–water partition coefficient (Wildman–Crippen LogP) is 2.84. The number of anilines is 1. The van der Waals surface area contributed by atoms with Gasteiger partial charge in [-0.15, -0.1) is 0 Å². The molecule has 3 rings (SSSR count). The number of nitrogens with one attached hydrogen (secondary N) is 2. The number of rotatable bonds is 8. The fourth-order valence-corrected chi connectivity index (χ4v) is 4.06. The minimum Gasteiger partial charge on any atom is -0.493 e. The molecule has 174 valence electrons. The second-order valence-electron chi connectivity index (χ2n) is 7.03. The number of hydrogen-bond donors (Lipinski definition) is 3. The van der Waals surface area contributed by atoms with Crippen LogP contribution in [0.3, 0.4) is 0 Å². The van der Waals surface area contributed by atoms with Gasteiger partial charge in [0.15, 0.2) is 16.7 Å². The Morgan fingerprint density at radius 1 is 1.09 bits per heavy atom. The van der Waals surface area contributed by atoms with Gasteiger partial charge < -0.3 is 30.6 Å². The van der Waals surface area contributed by atoms with Crippen molar-refractivity contribution in [2.45, 2.75) is 13.0 Å². The van der Waals surface area contributed by atoms with Gasteiger partial charge in [-0.05, 0) is 36.8 Å². The van der Waals surface area contributed by atoms with Gasteiger partial charge in [0.25, 0.3) is 5.91 Å². The maximum absolute atomic E-state index is 13.3. The van der Waals surface area contributed by atoms with Gasteiger partial charge in [0, 0.05) is 11.4 Å². The molecule has 1 atom stereocenters. The lowest BCUT2D eigenvalue weighted by atomic mass is 9.95. The number of methoxy groups -OCH3 is 3. The minimum atomic E-state index is -0.695. The highest BCUT2D eigenvalue weighted by molar-refractivity contribution is 8.14. The molecule has 9 nitrogen and oxygen atoms in total. The second-order valence-corrected chi connectivity index (χ2v) is 8.00. The third-order valence-corrected chi connectivity index (χ3v) is 5.76. The summed E-state index contributed by atoms with van der Waals surface area (Å²) in [5.41, 5.74) is 7.62. The molecule has 2 aromatic rings. The first-order chi connectivity index (χ1) is 15.9. The third-order valence-electron chi connectivity index (χ3n) is 4.85. The molecule has 2 aromatic carbocycles. The first-order valence-corrected chi connectivity index (χ1v) is 11.0. The van der Waals surface area contributed by atoms with Crippen LogP contribution in [0.4, 0.5) is 5.69 Å². The molecular formula is C23H26N4O5S. The van der Waals surface area contributed by atoms with Crippen molar-refractivity contribution in [3.05, 3.63) is 59.3 Å². The molecule has 0 radical (unpaired) electrons. The van der Waals surface area contributed by atoms with Crippen LogP contribution in [0.15, 0.2) is 58.7 Å². The molecule has 0 saturated heterocycles. The summed E-state index contributed by atoms with van der Waals surface area (Å²) in [5.74, 6) is 0.573. The van der Waals surface area contributed by atoms with Crippen LogP contribution in [-0.4, -0.2) is 44.1 Å². The van der Waals surface area contributed by atoms with Crippen LogP contribution in [0.5, 0.6) is 17.2 Å². The van der Waals surface area contributed by atoms with Gasteiger partial charge >= 0.3 is 0 Å². The van der Waals surface area contributed by atoms with Gasteiger partial charge in [-0.1, -0.05) is 30.0 Å². The third kappa shape index (κ3) is 5.58. The number of allylic oxidation sites excluding steroid dienone is 1. The molecule has 1 aliphatic rings. The fraction of sp³-hybridized carbons (Fsp3) is 0.261. The number of para-hydroxylation sites is 1. The summed E-state index contributed by atoms with van der Waals surface area (Å²) in [6.07, 6.45) is 0. The molecule has 33 heavy (non-hydrogen) atoms. The SMILES string of the molecule is COc1cc([C@@H]2N=C(SCC(N)=O)NC(C)=C2C(=O)Nc2ccccc2)cc(OC)c1OC. The molecule has 0 fully saturated rings. The lowest BCUT2D eigenvalue weighted by Gasteiger charge is -2.27. The summed E-state index contributed by atoms with van der Waals surface area (Å²) in [5, 5.41) is 6.49. The number of hydrogen-bond acceptors (Lipinski definition) is 8. The number of benzene rings is 2. The molecule has 0 aliphatic carbocycles. The van der Waals surface area contributed by atoms with E-state index in [2.05, 4.69) is 10.6 Å². The summed E-state index contributed by atoms with van der Waals surface area (Å²) < 4.78 is 16.4. The van der Waals surface area contributed by atoms with Gasteiger partial charge in [0.1, 0.15) is 6.04 Å². The van der Waals surface area contributed by atoms with Crippen molar-refractivity contribution in [2.24, 2.45) is 10.7 Å². The molecule has 4 N–H and O–H groups in total. The van der Waals surface area contributed by atoms with Gasteiger partial charge in [-0.25, -0.2) is 4.99 Å². The maximum atomic E-state index is 13.3. The number of nitrogens with zero attached hydrogens (tertiary/aromatic N) is 1. The molecule has 0 aromatic heterocycles. The molecule has 0 spiro atoms. The molecule has 1 aliphatic heterocycles. The van der Waals surface area contributed by atoms with E-state index in [-0.39, 0.29) is 11.7 Å². The Hall–Kier alpha value is -3.66. The van der Waals surface area contributed by atoms with Crippen molar-refractivity contribution < 1.29 is 23.8 Å². The van der Waals surface area contributed by atoms with Crippen LogP contribution in [0.1, 0.15) is 18.5 Å². The highest BCUT2D eigenvalue weighted by Crippen LogP contribution is 2.43. The molecule has 10 heteroatoms. The number of amides is 2. The standard InChI is InChI=1S/C23H26N4O5S/c1-13-19(22(29)26-15-8-6-5-7-9-15)20(27-23(25-13)33-12-18(24)28)14-10-16(30-2)21(32-4)17(11-14)31-3/h5-11,20H,12H2,1-4H3,(H2,24,28)(H,25,27)(H,26,29)/t20-/m0/s1. The minimum absolute atomic E-state index is 0.0482. The van der Waals surface area contributed by atoms with Crippen LogP contribution in [0.25, 0.3) is 0 Å². The molecule has 2 amide bonds. The summed E-state index contributed by atoms with van der Waals surface area (Å²) in [7, 11) is 4.56. The zero-order valence-electron chi connectivity index (χ0n) is 18.8. The number of carbonyl (C=O) groups excluding carboxylic acids is 2. The van der Waals surface area contributed by atoms with Crippen molar-refractivity contribution in [3.63, 3.8) is 0 Å². The normalized spacial score (nSPS) is 15.3. The van der Waals surface area contributed by atoms with Crippen molar-refractivity contribution in [2.75, 3.05) is 32.4 Å². The maximum Gasteiger partial charge on any atom is 0.255 e. The number of thioether (sulfide) groups is 1. The Morgan fingerprint density at radius 2 is 1.73 bits per heavy atom. The zero-order chi connectivity index (χ0) is 24.0. The molecular weight excluding hydrogens is 444 g/mol. The van der Waals surface area contributed by atoms with E-state index in [0.29, 0.717) is 44.9 Å². The van der Waals surface area contributed by atoms with E-state index >= 15 is 0 Å². The van der Waals surface area contributed by atoms with Gasteiger partial charge in [0.05, 0.1) is 32.7 Å². The van der Waals surface area contributed by atoms with E-state index in [1.54, 1.807) is 31.2 Å². The summed E-state index contributed by atoms with van der Waals surface area (Å²) in [4.78, 5) is 29.3. The number of nitrogens with two attached hydrogens (primary N) is 1. The number of carbonyl (C=O) groups is 2. The monoisotopic (exact) mass is 470 g/mol. The van der Waals surface area contributed by atoms with Crippen molar-refractivity contribution >= 4 is 34.4 Å². The number of aliphatic imine (C=N–C) groups is 1. The lowest BCUT2D eigenvalue weighted by molar-refractivity contribution is -0.115. The molecule has 0 saturated carbocycles. The Labute approximate surface area is 196 Å². The van der Waals surface area contributed by atoms with Gasteiger partial charge in [-0.2, -0.15) is 0 Å². The smallest absolute Gasteiger partial charge is 0.255 e. The van der Waals surface area contributed by atoms with Gasteiger partial charge in [-0.3, -0.25) is 9.59 Å². The van der Waals surface area contributed by atoms with Crippen LogP contribution >= 0.6 is 11.8 Å². The highest BCUT2D eigenvalue weighted by Gasteiger charge is 2.31. The number of primary amides is 1. The van der Waals surface area contributed by atoms with E-state index in [9.17, 15) is 9.59 Å². The largest absolute Gasteiger partial charge is 0.493 e. The second kappa shape index (κ2) is 10.8. The van der Waals surface area contributed by atoms with Crippen molar-refractivity contribution in [1.82, 2.24) is 5.32 Å². The highest BCUT2D eigenvalue weighted by atomic mass is 32.2.